The number of para-hydroxylation sites is 1. The third-order valence-electron chi connectivity index (χ3n) is 2.89. The molecule has 0 saturated heterocycles. The normalized spacial score (nSPS) is 10.4. The standard InChI is InChI=1S/C17H17N3O3/c18-16(21)12-23-15-6-2-1-5-14(15)7-8-17(22)20-11-13-4-3-9-19-10-13/h1-10H,11-12H2,(H2,18,21)(H,20,22)/b8-7+. The molecular formula is C17H17N3O3. The second-order valence-electron chi connectivity index (χ2n) is 4.71. The summed E-state index contributed by atoms with van der Waals surface area (Å²) < 4.78 is 5.29. The van der Waals surface area contributed by atoms with Crippen molar-refractivity contribution in [3.05, 3.63) is 66.0 Å². The Kier molecular flexibility index (Phi) is 5.88. The maximum absolute atomic E-state index is 11.8. The lowest BCUT2D eigenvalue weighted by molar-refractivity contribution is -0.120. The molecular weight excluding hydrogens is 294 g/mol. The molecule has 0 atom stereocenters. The molecule has 23 heavy (non-hydrogen) atoms. The molecule has 0 aliphatic carbocycles. The van der Waals surface area contributed by atoms with Crippen molar-refractivity contribution in [2.75, 3.05) is 6.61 Å². The average molecular weight is 311 g/mol. The van der Waals surface area contributed by atoms with E-state index in [1.54, 1.807) is 36.7 Å². The average Bonchev–Trinajstić information content (AvgIpc) is 2.58. The minimum Gasteiger partial charge on any atom is -0.483 e. The number of benzene rings is 1. The highest BCUT2D eigenvalue weighted by molar-refractivity contribution is 5.92. The summed E-state index contributed by atoms with van der Waals surface area (Å²) in [5.41, 5.74) is 6.66. The Morgan fingerprint density at radius 1 is 1.22 bits per heavy atom. The smallest absolute Gasteiger partial charge is 0.255 e. The fraction of sp³-hybridized carbons (Fsp3) is 0.118. The monoisotopic (exact) mass is 311 g/mol. The van der Waals surface area contributed by atoms with Gasteiger partial charge in [0.1, 0.15) is 5.75 Å². The van der Waals surface area contributed by atoms with Crippen LogP contribution < -0.4 is 15.8 Å². The van der Waals surface area contributed by atoms with Crippen LogP contribution in [0.4, 0.5) is 0 Å². The van der Waals surface area contributed by atoms with Crippen LogP contribution in [0.25, 0.3) is 6.08 Å². The number of primary amides is 1. The Morgan fingerprint density at radius 3 is 2.78 bits per heavy atom. The molecule has 0 aliphatic heterocycles. The summed E-state index contributed by atoms with van der Waals surface area (Å²) in [5, 5.41) is 2.76. The van der Waals surface area contributed by atoms with Crippen molar-refractivity contribution >= 4 is 17.9 Å². The number of nitrogens with two attached hydrogens (primary N) is 1. The van der Waals surface area contributed by atoms with E-state index in [0.29, 0.717) is 17.9 Å². The molecule has 118 valence electrons. The van der Waals surface area contributed by atoms with Crippen LogP contribution in [0.15, 0.2) is 54.9 Å². The van der Waals surface area contributed by atoms with Crippen molar-refractivity contribution in [2.24, 2.45) is 5.73 Å². The van der Waals surface area contributed by atoms with Crippen LogP contribution in [0.3, 0.4) is 0 Å². The fourth-order valence-electron chi connectivity index (χ4n) is 1.81. The summed E-state index contributed by atoms with van der Waals surface area (Å²) in [4.78, 5) is 26.6. The zero-order chi connectivity index (χ0) is 16.5. The van der Waals surface area contributed by atoms with E-state index >= 15 is 0 Å². The van der Waals surface area contributed by atoms with Gasteiger partial charge in [0, 0.05) is 30.6 Å². The topological polar surface area (TPSA) is 94.3 Å². The number of carbonyl (C=O) groups excluding carboxylic acids is 2. The molecule has 0 unspecified atom stereocenters. The highest BCUT2D eigenvalue weighted by atomic mass is 16.5. The van der Waals surface area contributed by atoms with Crippen molar-refractivity contribution in [1.82, 2.24) is 10.3 Å². The number of nitrogens with one attached hydrogen (secondary N) is 1. The van der Waals surface area contributed by atoms with Gasteiger partial charge in [0.25, 0.3) is 5.91 Å². The summed E-state index contributed by atoms with van der Waals surface area (Å²) >= 11 is 0. The SMILES string of the molecule is NC(=O)COc1ccccc1/C=C/C(=O)NCc1cccnc1. The van der Waals surface area contributed by atoms with Gasteiger partial charge in [-0.15, -0.1) is 0 Å². The maximum Gasteiger partial charge on any atom is 0.255 e. The molecule has 1 heterocycles. The van der Waals surface area contributed by atoms with Gasteiger partial charge in [-0.3, -0.25) is 14.6 Å². The lowest BCUT2D eigenvalue weighted by Crippen LogP contribution is -2.20. The first-order chi connectivity index (χ1) is 11.1. The van der Waals surface area contributed by atoms with Gasteiger partial charge in [-0.05, 0) is 23.8 Å². The van der Waals surface area contributed by atoms with Crippen LogP contribution in [0.2, 0.25) is 0 Å². The fourth-order valence-corrected chi connectivity index (χ4v) is 1.81. The van der Waals surface area contributed by atoms with E-state index < -0.39 is 5.91 Å². The van der Waals surface area contributed by atoms with Crippen LogP contribution in [-0.2, 0) is 16.1 Å². The van der Waals surface area contributed by atoms with Gasteiger partial charge in [0.05, 0.1) is 0 Å². The van der Waals surface area contributed by atoms with Crippen molar-refractivity contribution < 1.29 is 14.3 Å². The summed E-state index contributed by atoms with van der Waals surface area (Å²) in [6.45, 7) is 0.189. The Labute approximate surface area is 134 Å². The predicted molar refractivity (Wildman–Crippen MR) is 86.2 cm³/mol. The number of nitrogens with zero attached hydrogens (tertiary/aromatic N) is 1. The molecule has 0 fully saturated rings. The summed E-state index contributed by atoms with van der Waals surface area (Å²) in [7, 11) is 0. The second kappa shape index (κ2) is 8.33. The minimum absolute atomic E-state index is 0.210. The molecule has 0 bridgehead atoms. The van der Waals surface area contributed by atoms with E-state index in [2.05, 4.69) is 10.3 Å². The van der Waals surface area contributed by atoms with Gasteiger partial charge < -0.3 is 15.8 Å². The van der Waals surface area contributed by atoms with Crippen molar-refractivity contribution in [1.29, 1.82) is 0 Å². The Morgan fingerprint density at radius 2 is 2.04 bits per heavy atom. The lowest BCUT2D eigenvalue weighted by Gasteiger charge is -2.07. The first-order valence-electron chi connectivity index (χ1n) is 7.00. The van der Waals surface area contributed by atoms with Crippen molar-refractivity contribution in [3.63, 3.8) is 0 Å². The van der Waals surface area contributed by atoms with E-state index in [1.165, 1.54) is 6.08 Å². The molecule has 0 aliphatic rings. The number of hydrogen-bond acceptors (Lipinski definition) is 4. The van der Waals surface area contributed by atoms with Crippen LogP contribution in [0.5, 0.6) is 5.75 Å². The van der Waals surface area contributed by atoms with Crippen molar-refractivity contribution in [2.45, 2.75) is 6.54 Å². The molecule has 2 amide bonds. The summed E-state index contributed by atoms with van der Waals surface area (Å²) in [6.07, 6.45) is 6.39. The largest absolute Gasteiger partial charge is 0.483 e. The number of carbonyl (C=O) groups is 2. The number of aromatic nitrogens is 1. The maximum atomic E-state index is 11.8. The summed E-state index contributed by atoms with van der Waals surface area (Å²) in [5.74, 6) is -0.306. The molecule has 0 saturated carbocycles. The van der Waals surface area contributed by atoms with Crippen LogP contribution in [-0.4, -0.2) is 23.4 Å². The number of pyridine rings is 1. The first kappa shape index (κ1) is 16.2. The number of hydrogen-bond donors (Lipinski definition) is 2. The Bertz CT molecular complexity index is 699. The van der Waals surface area contributed by atoms with Crippen molar-refractivity contribution in [3.8, 4) is 5.75 Å². The van der Waals surface area contributed by atoms with E-state index in [4.69, 9.17) is 10.5 Å². The van der Waals surface area contributed by atoms with Crippen LogP contribution in [0.1, 0.15) is 11.1 Å². The molecule has 6 heteroatoms. The highest BCUT2D eigenvalue weighted by Crippen LogP contribution is 2.19. The van der Waals surface area contributed by atoms with E-state index in [-0.39, 0.29) is 12.5 Å². The molecule has 1 aromatic carbocycles. The first-order valence-corrected chi connectivity index (χ1v) is 7.00. The second-order valence-corrected chi connectivity index (χ2v) is 4.71. The third kappa shape index (κ3) is 5.62. The number of rotatable bonds is 7. The minimum atomic E-state index is -0.557. The molecule has 3 N–H and O–H groups in total. The number of ether oxygens (including phenoxy) is 1. The van der Waals surface area contributed by atoms with Gasteiger partial charge in [0.2, 0.25) is 5.91 Å². The zero-order valence-corrected chi connectivity index (χ0v) is 12.4. The zero-order valence-electron chi connectivity index (χ0n) is 12.4. The Balaban J connectivity index is 1.94. The quantitative estimate of drug-likeness (QED) is 0.753. The van der Waals surface area contributed by atoms with Gasteiger partial charge in [-0.25, -0.2) is 0 Å². The molecule has 0 spiro atoms. The molecule has 6 nitrogen and oxygen atoms in total. The summed E-state index contributed by atoms with van der Waals surface area (Å²) in [6, 6.07) is 10.8. The molecule has 2 rings (SSSR count). The van der Waals surface area contributed by atoms with E-state index in [9.17, 15) is 9.59 Å². The predicted octanol–water partition coefficient (Wildman–Crippen LogP) is 1.28. The van der Waals surface area contributed by atoms with Crippen LogP contribution >= 0.6 is 0 Å². The van der Waals surface area contributed by atoms with Gasteiger partial charge in [0.15, 0.2) is 6.61 Å². The van der Waals surface area contributed by atoms with E-state index in [0.717, 1.165) is 5.56 Å². The van der Waals surface area contributed by atoms with Gasteiger partial charge in [-0.1, -0.05) is 24.3 Å². The highest BCUT2D eigenvalue weighted by Gasteiger charge is 2.03. The molecule has 0 radical (unpaired) electrons. The van der Waals surface area contributed by atoms with Crippen LogP contribution in [0, 0.1) is 0 Å². The van der Waals surface area contributed by atoms with Gasteiger partial charge >= 0.3 is 0 Å². The lowest BCUT2D eigenvalue weighted by atomic mass is 10.2. The number of amides is 2. The molecule has 1 aromatic heterocycles. The Hall–Kier alpha value is -3.15. The van der Waals surface area contributed by atoms with E-state index in [1.807, 2.05) is 18.2 Å². The molecule has 2 aromatic rings. The third-order valence-corrected chi connectivity index (χ3v) is 2.89. The van der Waals surface area contributed by atoms with Gasteiger partial charge in [-0.2, -0.15) is 0 Å².